The normalized spacial score (nSPS) is 17.5. The number of aryl methyl sites for hydroxylation is 1. The molecule has 0 unspecified atom stereocenters. The summed E-state index contributed by atoms with van der Waals surface area (Å²) in [6, 6.07) is 16.5. The second kappa shape index (κ2) is 7.11. The molecule has 0 N–H and O–H groups in total. The summed E-state index contributed by atoms with van der Waals surface area (Å²) in [5.41, 5.74) is 3.24. The van der Waals surface area contributed by atoms with E-state index in [1.54, 1.807) is 47.0 Å². The van der Waals surface area contributed by atoms with Gasteiger partial charge in [0.15, 0.2) is 0 Å². The Kier molecular flexibility index (Phi) is 4.80. The zero-order valence-corrected chi connectivity index (χ0v) is 16.9. The molecule has 2 heterocycles. The smallest absolute Gasteiger partial charge is 0.243 e. The molecule has 4 rings (SSSR count). The highest BCUT2D eigenvalue weighted by Crippen LogP contribution is 2.40. The summed E-state index contributed by atoms with van der Waals surface area (Å²) >= 11 is 1.70. The number of nitrogens with zero attached hydrogens (tertiary/aromatic N) is 1. The molecule has 0 bridgehead atoms. The van der Waals surface area contributed by atoms with E-state index in [2.05, 4.69) is 11.4 Å². The van der Waals surface area contributed by atoms with Crippen molar-refractivity contribution in [2.45, 2.75) is 24.3 Å². The zero-order chi connectivity index (χ0) is 19.0. The minimum atomic E-state index is -3.63. The third kappa shape index (κ3) is 3.29. The van der Waals surface area contributed by atoms with Crippen LogP contribution in [0.5, 0.6) is 5.75 Å². The quantitative estimate of drug-likeness (QED) is 0.653. The summed E-state index contributed by atoms with van der Waals surface area (Å²) in [5, 5.41) is 2.05. The van der Waals surface area contributed by atoms with Gasteiger partial charge in [0.2, 0.25) is 10.0 Å². The molecule has 27 heavy (non-hydrogen) atoms. The van der Waals surface area contributed by atoms with Crippen molar-refractivity contribution in [1.29, 1.82) is 0 Å². The molecule has 0 aliphatic carbocycles. The Morgan fingerprint density at radius 3 is 2.41 bits per heavy atom. The predicted molar refractivity (Wildman–Crippen MR) is 108 cm³/mol. The van der Waals surface area contributed by atoms with E-state index in [1.807, 2.05) is 31.2 Å². The van der Waals surface area contributed by atoms with Gasteiger partial charge in [0, 0.05) is 11.4 Å². The molecule has 1 aliphatic heterocycles. The van der Waals surface area contributed by atoms with Crippen LogP contribution in [0.15, 0.2) is 64.9 Å². The van der Waals surface area contributed by atoms with E-state index in [-0.39, 0.29) is 6.04 Å². The van der Waals surface area contributed by atoms with Crippen LogP contribution in [-0.4, -0.2) is 26.4 Å². The Labute approximate surface area is 164 Å². The fraction of sp³-hybridized carbons (Fsp3) is 0.238. The first-order valence-corrected chi connectivity index (χ1v) is 11.1. The van der Waals surface area contributed by atoms with Crippen LogP contribution in [0.4, 0.5) is 0 Å². The second-order valence-electron chi connectivity index (χ2n) is 6.65. The van der Waals surface area contributed by atoms with Gasteiger partial charge in [-0.1, -0.05) is 29.8 Å². The molecule has 1 aliphatic rings. The van der Waals surface area contributed by atoms with Gasteiger partial charge in [0.05, 0.1) is 18.0 Å². The van der Waals surface area contributed by atoms with Gasteiger partial charge in [-0.3, -0.25) is 0 Å². The maximum absolute atomic E-state index is 13.5. The van der Waals surface area contributed by atoms with Gasteiger partial charge < -0.3 is 4.74 Å². The SMILES string of the molecule is COc1ccc(S(=O)(=O)N2CCc3sccc3[C@@H]2c2ccc(C)cc2)cc1. The van der Waals surface area contributed by atoms with Crippen molar-refractivity contribution < 1.29 is 13.2 Å². The molecule has 3 aromatic rings. The summed E-state index contributed by atoms with van der Waals surface area (Å²) in [6.07, 6.45) is 0.741. The van der Waals surface area contributed by atoms with Gasteiger partial charge in [-0.15, -0.1) is 11.3 Å². The Balaban J connectivity index is 1.80. The van der Waals surface area contributed by atoms with Gasteiger partial charge >= 0.3 is 0 Å². The topological polar surface area (TPSA) is 46.6 Å². The number of rotatable bonds is 4. The average Bonchev–Trinajstić information content (AvgIpc) is 3.17. The van der Waals surface area contributed by atoms with Crippen LogP contribution in [0.2, 0.25) is 0 Å². The van der Waals surface area contributed by atoms with E-state index < -0.39 is 10.0 Å². The third-order valence-electron chi connectivity index (χ3n) is 4.98. The summed E-state index contributed by atoms with van der Waals surface area (Å²) in [5.74, 6) is 0.641. The van der Waals surface area contributed by atoms with Crippen LogP contribution in [0.1, 0.15) is 27.6 Å². The van der Waals surface area contributed by atoms with Gasteiger partial charge in [0.1, 0.15) is 5.75 Å². The standard InChI is InChI=1S/C21H21NO3S2/c1-15-3-5-16(6-4-15)21-19-12-14-26-20(19)11-13-22(21)27(23,24)18-9-7-17(25-2)8-10-18/h3-10,12,14,21H,11,13H2,1-2H3/t21-/m0/s1. The molecule has 0 amide bonds. The fourth-order valence-electron chi connectivity index (χ4n) is 3.53. The average molecular weight is 400 g/mol. The maximum Gasteiger partial charge on any atom is 0.243 e. The molecule has 1 aromatic heterocycles. The Bertz CT molecular complexity index is 1040. The number of fused-ring (bicyclic) bond motifs is 1. The highest BCUT2D eigenvalue weighted by atomic mass is 32.2. The van der Waals surface area contributed by atoms with Crippen LogP contribution in [-0.2, 0) is 16.4 Å². The number of sulfonamides is 1. The first-order valence-electron chi connectivity index (χ1n) is 8.79. The molecule has 140 valence electrons. The number of benzene rings is 2. The van der Waals surface area contributed by atoms with Crippen LogP contribution in [0.3, 0.4) is 0 Å². The molecule has 0 saturated carbocycles. The van der Waals surface area contributed by atoms with Gasteiger partial charge in [0.25, 0.3) is 0 Å². The predicted octanol–water partition coefficient (Wildman–Crippen LogP) is 4.40. The summed E-state index contributed by atoms with van der Waals surface area (Å²) in [4.78, 5) is 1.56. The van der Waals surface area contributed by atoms with E-state index in [0.29, 0.717) is 17.2 Å². The van der Waals surface area contributed by atoms with E-state index in [1.165, 1.54) is 4.88 Å². The molecule has 1 atom stereocenters. The van der Waals surface area contributed by atoms with Crippen molar-refractivity contribution >= 4 is 21.4 Å². The number of ether oxygens (including phenoxy) is 1. The molecule has 6 heteroatoms. The molecule has 4 nitrogen and oxygen atoms in total. The molecule has 2 aromatic carbocycles. The van der Waals surface area contributed by atoms with Crippen molar-refractivity contribution in [2.75, 3.05) is 13.7 Å². The summed E-state index contributed by atoms with van der Waals surface area (Å²) in [7, 11) is -2.06. The van der Waals surface area contributed by atoms with E-state index >= 15 is 0 Å². The van der Waals surface area contributed by atoms with Crippen LogP contribution in [0.25, 0.3) is 0 Å². The molecular weight excluding hydrogens is 378 g/mol. The van der Waals surface area contributed by atoms with E-state index in [4.69, 9.17) is 4.74 Å². The van der Waals surface area contributed by atoms with Crippen LogP contribution in [0, 0.1) is 6.92 Å². The lowest BCUT2D eigenvalue weighted by Crippen LogP contribution is -2.40. The molecular formula is C21H21NO3S2. The van der Waals surface area contributed by atoms with Crippen LogP contribution >= 0.6 is 11.3 Å². The van der Waals surface area contributed by atoms with Gasteiger partial charge in [-0.05, 0) is 60.2 Å². The Morgan fingerprint density at radius 2 is 1.74 bits per heavy atom. The van der Waals surface area contributed by atoms with Crippen molar-refractivity contribution in [3.63, 3.8) is 0 Å². The minimum absolute atomic E-state index is 0.291. The highest BCUT2D eigenvalue weighted by Gasteiger charge is 2.37. The fourth-order valence-corrected chi connectivity index (χ4v) is 6.03. The first-order chi connectivity index (χ1) is 13.0. The highest BCUT2D eigenvalue weighted by molar-refractivity contribution is 7.89. The lowest BCUT2D eigenvalue weighted by atomic mass is 9.95. The first kappa shape index (κ1) is 18.2. The Hall–Kier alpha value is -2.15. The summed E-state index contributed by atoms with van der Waals surface area (Å²) < 4.78 is 33.7. The summed E-state index contributed by atoms with van der Waals surface area (Å²) in [6.45, 7) is 2.51. The third-order valence-corrected chi connectivity index (χ3v) is 7.86. The van der Waals surface area contributed by atoms with Crippen molar-refractivity contribution in [1.82, 2.24) is 4.31 Å². The van der Waals surface area contributed by atoms with Gasteiger partial charge in [-0.2, -0.15) is 4.31 Å². The largest absolute Gasteiger partial charge is 0.497 e. The molecule has 0 fully saturated rings. The van der Waals surface area contributed by atoms with Crippen molar-refractivity contribution in [2.24, 2.45) is 0 Å². The molecule has 0 saturated heterocycles. The lowest BCUT2D eigenvalue weighted by Gasteiger charge is -2.35. The molecule has 0 spiro atoms. The van der Waals surface area contributed by atoms with Crippen LogP contribution < -0.4 is 4.74 Å². The lowest BCUT2D eigenvalue weighted by molar-refractivity contribution is 0.346. The number of hydrogen-bond donors (Lipinski definition) is 0. The van der Waals surface area contributed by atoms with Gasteiger partial charge in [-0.25, -0.2) is 8.42 Å². The van der Waals surface area contributed by atoms with E-state index in [0.717, 1.165) is 23.1 Å². The number of hydrogen-bond acceptors (Lipinski definition) is 4. The van der Waals surface area contributed by atoms with E-state index in [9.17, 15) is 8.42 Å². The zero-order valence-electron chi connectivity index (χ0n) is 15.3. The monoisotopic (exact) mass is 399 g/mol. The minimum Gasteiger partial charge on any atom is -0.497 e. The second-order valence-corrected chi connectivity index (χ2v) is 9.54. The van der Waals surface area contributed by atoms with Crippen molar-refractivity contribution in [3.8, 4) is 5.75 Å². The molecule has 0 radical (unpaired) electrons. The number of methoxy groups -OCH3 is 1. The van der Waals surface area contributed by atoms with Crippen molar-refractivity contribution in [3.05, 3.63) is 81.5 Å². The Morgan fingerprint density at radius 1 is 1.04 bits per heavy atom. The maximum atomic E-state index is 13.5. The number of thiophene rings is 1.